The smallest absolute Gasteiger partial charge is 0.247 e. The van der Waals surface area contributed by atoms with Gasteiger partial charge in [-0.2, -0.15) is 8.42 Å². The Morgan fingerprint density at radius 2 is 1.90 bits per heavy atom. The lowest BCUT2D eigenvalue weighted by atomic mass is 10.3. The maximum atomic E-state index is 12.3. The van der Waals surface area contributed by atoms with Crippen molar-refractivity contribution in [3.05, 3.63) is 0 Å². The highest BCUT2D eigenvalue weighted by atomic mass is 32.3. The van der Waals surface area contributed by atoms with E-state index in [1.54, 1.807) is 0 Å². The van der Waals surface area contributed by atoms with Gasteiger partial charge in [-0.15, -0.1) is 3.89 Å². The Morgan fingerprint density at radius 3 is 2.10 bits per heavy atom. The molecule has 0 spiro atoms. The van der Waals surface area contributed by atoms with Gasteiger partial charge >= 0.3 is 10.2 Å². The van der Waals surface area contributed by atoms with Crippen molar-refractivity contribution in [3.8, 4) is 0 Å². The van der Waals surface area contributed by atoms with E-state index >= 15 is 0 Å². The third kappa shape index (κ3) is 1.65. The first-order valence-corrected chi connectivity index (χ1v) is 4.52. The SMILES string of the molecule is O=S(=O)(F)[C@@H]1CC[C@@H](F)C1. The van der Waals surface area contributed by atoms with E-state index in [2.05, 4.69) is 0 Å². The molecule has 0 aromatic heterocycles. The first-order chi connectivity index (χ1) is 4.50. The van der Waals surface area contributed by atoms with Crippen LogP contribution in [0.5, 0.6) is 0 Å². The van der Waals surface area contributed by atoms with Crippen LogP contribution in [0, 0.1) is 0 Å². The van der Waals surface area contributed by atoms with Crippen molar-refractivity contribution in [2.75, 3.05) is 0 Å². The zero-order valence-corrected chi connectivity index (χ0v) is 6.07. The first kappa shape index (κ1) is 7.91. The quantitative estimate of drug-likeness (QED) is 0.554. The molecule has 0 amide bonds. The predicted molar refractivity (Wildman–Crippen MR) is 32.6 cm³/mol. The van der Waals surface area contributed by atoms with E-state index < -0.39 is 21.6 Å². The zero-order valence-electron chi connectivity index (χ0n) is 5.26. The maximum absolute atomic E-state index is 12.3. The summed E-state index contributed by atoms with van der Waals surface area (Å²) in [4.78, 5) is 0. The van der Waals surface area contributed by atoms with Gasteiger partial charge in [-0.1, -0.05) is 0 Å². The second-order valence-corrected chi connectivity index (χ2v) is 4.13. The molecule has 0 unspecified atom stereocenters. The molecule has 1 saturated carbocycles. The summed E-state index contributed by atoms with van der Waals surface area (Å²) in [5.74, 6) is 0. The van der Waals surface area contributed by atoms with E-state index in [4.69, 9.17) is 0 Å². The Kier molecular flexibility index (Phi) is 1.94. The van der Waals surface area contributed by atoms with Gasteiger partial charge in [0.2, 0.25) is 0 Å². The normalized spacial score (nSPS) is 34.6. The predicted octanol–water partition coefficient (Wildman–Crippen LogP) is 1.18. The fourth-order valence-corrected chi connectivity index (χ4v) is 2.00. The molecule has 1 aliphatic rings. The molecule has 10 heavy (non-hydrogen) atoms. The van der Waals surface area contributed by atoms with Gasteiger partial charge in [-0.05, 0) is 19.3 Å². The highest BCUT2D eigenvalue weighted by molar-refractivity contribution is 7.87. The van der Waals surface area contributed by atoms with Crippen LogP contribution in [0.4, 0.5) is 8.28 Å². The van der Waals surface area contributed by atoms with Gasteiger partial charge < -0.3 is 0 Å². The Labute approximate surface area is 58.4 Å². The zero-order chi connectivity index (χ0) is 7.78. The molecule has 0 heterocycles. The molecular weight excluding hydrogens is 162 g/mol. The molecule has 0 radical (unpaired) electrons. The van der Waals surface area contributed by atoms with Crippen LogP contribution in [0.15, 0.2) is 0 Å². The third-order valence-corrected chi connectivity index (χ3v) is 2.94. The molecule has 0 N–H and O–H groups in total. The molecule has 1 rings (SSSR count). The van der Waals surface area contributed by atoms with Gasteiger partial charge in [0.15, 0.2) is 0 Å². The van der Waals surface area contributed by atoms with Gasteiger partial charge in [0.25, 0.3) is 0 Å². The summed E-state index contributed by atoms with van der Waals surface area (Å²) in [5, 5.41) is -1.08. The van der Waals surface area contributed by atoms with E-state index in [0.717, 1.165) is 0 Å². The lowest BCUT2D eigenvalue weighted by Crippen LogP contribution is -2.12. The molecule has 5 heteroatoms. The largest absolute Gasteiger partial charge is 0.305 e. The summed E-state index contributed by atoms with van der Waals surface area (Å²) in [6.07, 6.45) is -0.998. The van der Waals surface area contributed by atoms with Crippen molar-refractivity contribution in [3.63, 3.8) is 0 Å². The molecule has 1 aliphatic carbocycles. The Bertz CT molecular complexity index is 212. The van der Waals surface area contributed by atoms with Crippen LogP contribution in [0.1, 0.15) is 19.3 Å². The van der Waals surface area contributed by atoms with Crippen molar-refractivity contribution < 1.29 is 16.7 Å². The maximum Gasteiger partial charge on any atom is 0.305 e. The molecule has 2 nitrogen and oxygen atoms in total. The van der Waals surface area contributed by atoms with Crippen molar-refractivity contribution in [1.29, 1.82) is 0 Å². The van der Waals surface area contributed by atoms with Crippen LogP contribution in [-0.2, 0) is 10.2 Å². The van der Waals surface area contributed by atoms with Crippen LogP contribution in [0.25, 0.3) is 0 Å². The van der Waals surface area contributed by atoms with Crippen LogP contribution < -0.4 is 0 Å². The van der Waals surface area contributed by atoms with Gasteiger partial charge in [0.1, 0.15) is 6.17 Å². The number of alkyl halides is 1. The Hall–Kier alpha value is -0.190. The highest BCUT2D eigenvalue weighted by Crippen LogP contribution is 2.28. The fraction of sp³-hybridized carbons (Fsp3) is 1.00. The summed E-state index contributed by atoms with van der Waals surface area (Å²) in [6, 6.07) is 0. The van der Waals surface area contributed by atoms with E-state index in [1.807, 2.05) is 0 Å². The lowest BCUT2D eigenvalue weighted by Gasteiger charge is -1.99. The number of halogens is 2. The lowest BCUT2D eigenvalue weighted by molar-refractivity contribution is 0.342. The van der Waals surface area contributed by atoms with E-state index in [0.29, 0.717) is 0 Å². The molecule has 0 aromatic carbocycles. The number of rotatable bonds is 1. The Morgan fingerprint density at radius 1 is 1.30 bits per heavy atom. The fourth-order valence-electron chi connectivity index (χ4n) is 1.14. The van der Waals surface area contributed by atoms with Crippen LogP contribution in [0.2, 0.25) is 0 Å². The molecule has 0 bridgehead atoms. The summed E-state index contributed by atoms with van der Waals surface area (Å²) in [7, 11) is -4.48. The molecule has 60 valence electrons. The number of hydrogen-bond acceptors (Lipinski definition) is 2. The monoisotopic (exact) mass is 170 g/mol. The van der Waals surface area contributed by atoms with E-state index in [-0.39, 0.29) is 19.3 Å². The topological polar surface area (TPSA) is 34.1 Å². The summed E-state index contributed by atoms with van der Waals surface area (Å²) < 4.78 is 44.6. The van der Waals surface area contributed by atoms with Crippen molar-refractivity contribution in [2.24, 2.45) is 0 Å². The average molecular weight is 170 g/mol. The van der Waals surface area contributed by atoms with Crippen molar-refractivity contribution >= 4 is 10.2 Å². The number of hydrogen-bond donors (Lipinski definition) is 0. The Balaban J connectivity index is 2.62. The first-order valence-electron chi connectivity index (χ1n) is 3.07. The second-order valence-electron chi connectivity index (χ2n) is 2.51. The van der Waals surface area contributed by atoms with E-state index in [1.165, 1.54) is 0 Å². The van der Waals surface area contributed by atoms with Crippen molar-refractivity contribution in [2.45, 2.75) is 30.7 Å². The molecular formula is C5H8F2O2S. The van der Waals surface area contributed by atoms with Crippen LogP contribution in [0.3, 0.4) is 0 Å². The second kappa shape index (κ2) is 2.45. The van der Waals surface area contributed by atoms with Gasteiger partial charge in [-0.25, -0.2) is 4.39 Å². The summed E-state index contributed by atoms with van der Waals surface area (Å²) >= 11 is 0. The standard InChI is InChI=1S/C5H8F2O2S/c6-4-1-2-5(3-4)10(7,8)9/h4-5H,1-3H2/t4-,5-/m1/s1. The minimum Gasteiger partial charge on any atom is -0.247 e. The van der Waals surface area contributed by atoms with Gasteiger partial charge in [0.05, 0.1) is 5.25 Å². The van der Waals surface area contributed by atoms with Crippen LogP contribution in [-0.4, -0.2) is 19.8 Å². The summed E-state index contributed by atoms with van der Waals surface area (Å²) in [6.45, 7) is 0. The average Bonchev–Trinajstić information content (AvgIpc) is 2.11. The van der Waals surface area contributed by atoms with E-state index in [9.17, 15) is 16.7 Å². The van der Waals surface area contributed by atoms with Crippen molar-refractivity contribution in [1.82, 2.24) is 0 Å². The molecule has 2 atom stereocenters. The highest BCUT2D eigenvalue weighted by Gasteiger charge is 2.34. The van der Waals surface area contributed by atoms with Gasteiger partial charge in [-0.3, -0.25) is 0 Å². The molecule has 0 aromatic rings. The minimum absolute atomic E-state index is 0.125. The molecule has 0 saturated heterocycles. The summed E-state index contributed by atoms with van der Waals surface area (Å²) in [5.41, 5.74) is 0. The van der Waals surface area contributed by atoms with Crippen LogP contribution >= 0.6 is 0 Å². The third-order valence-electron chi connectivity index (χ3n) is 1.72. The minimum atomic E-state index is -4.48. The molecule has 0 aliphatic heterocycles. The molecule has 1 fully saturated rings. The van der Waals surface area contributed by atoms with Gasteiger partial charge in [0, 0.05) is 0 Å².